The van der Waals surface area contributed by atoms with E-state index in [9.17, 15) is 9.59 Å². The van der Waals surface area contributed by atoms with Crippen molar-refractivity contribution in [3.8, 4) is 11.8 Å². The van der Waals surface area contributed by atoms with Gasteiger partial charge in [0.2, 0.25) is 0 Å². The summed E-state index contributed by atoms with van der Waals surface area (Å²) < 4.78 is 9.48. The SMILES string of the molecule is CCOC(=O)C#Cc1cncc(C(=O)OCC)c1. The molecule has 1 heterocycles. The average Bonchev–Trinajstić information content (AvgIpc) is 2.37. The van der Waals surface area contributed by atoms with Gasteiger partial charge in [0.1, 0.15) is 0 Å². The number of pyridine rings is 1. The predicted octanol–water partition coefficient (Wildman–Crippen LogP) is 1.17. The summed E-state index contributed by atoms with van der Waals surface area (Å²) in [4.78, 5) is 26.3. The van der Waals surface area contributed by atoms with Crippen LogP contribution in [0.2, 0.25) is 0 Å². The lowest BCUT2D eigenvalue weighted by Crippen LogP contribution is -2.05. The first-order chi connectivity index (χ1) is 8.67. The molecule has 5 heteroatoms. The van der Waals surface area contributed by atoms with Crippen LogP contribution < -0.4 is 0 Å². The van der Waals surface area contributed by atoms with Crippen LogP contribution in [0.25, 0.3) is 0 Å². The maximum Gasteiger partial charge on any atom is 0.384 e. The van der Waals surface area contributed by atoms with E-state index in [-0.39, 0.29) is 13.2 Å². The van der Waals surface area contributed by atoms with Gasteiger partial charge in [0.15, 0.2) is 0 Å². The molecule has 1 aromatic heterocycles. The third-order valence-corrected chi connectivity index (χ3v) is 1.83. The number of aromatic nitrogens is 1. The summed E-state index contributed by atoms with van der Waals surface area (Å²) in [7, 11) is 0. The van der Waals surface area contributed by atoms with Gasteiger partial charge in [0, 0.05) is 23.9 Å². The molecule has 0 fully saturated rings. The van der Waals surface area contributed by atoms with Crippen LogP contribution in [0.15, 0.2) is 18.5 Å². The molecule has 1 rings (SSSR count). The lowest BCUT2D eigenvalue weighted by molar-refractivity contribution is -0.136. The highest BCUT2D eigenvalue weighted by molar-refractivity contribution is 5.90. The molecular formula is C13H13NO4. The highest BCUT2D eigenvalue weighted by Gasteiger charge is 2.06. The number of nitrogens with zero attached hydrogens (tertiary/aromatic N) is 1. The molecule has 18 heavy (non-hydrogen) atoms. The van der Waals surface area contributed by atoms with Gasteiger partial charge in [-0.2, -0.15) is 0 Å². The Morgan fingerprint density at radius 1 is 1.22 bits per heavy atom. The van der Waals surface area contributed by atoms with Crippen molar-refractivity contribution in [2.45, 2.75) is 13.8 Å². The van der Waals surface area contributed by atoms with Crippen LogP contribution in [-0.4, -0.2) is 30.1 Å². The Morgan fingerprint density at radius 2 is 1.94 bits per heavy atom. The summed E-state index contributed by atoms with van der Waals surface area (Å²) >= 11 is 0. The monoisotopic (exact) mass is 247 g/mol. The molecule has 0 radical (unpaired) electrons. The number of hydrogen-bond acceptors (Lipinski definition) is 5. The molecule has 1 aromatic rings. The molecule has 0 bridgehead atoms. The summed E-state index contributed by atoms with van der Waals surface area (Å²) in [6.45, 7) is 3.98. The molecule has 0 atom stereocenters. The number of ether oxygens (including phenoxy) is 2. The molecule has 0 spiro atoms. The zero-order chi connectivity index (χ0) is 13.4. The standard InChI is InChI=1S/C13H13NO4/c1-3-17-12(15)6-5-10-7-11(9-14-8-10)13(16)18-4-2/h7-9H,3-4H2,1-2H3. The fourth-order valence-corrected chi connectivity index (χ4v) is 1.12. The van der Waals surface area contributed by atoms with Crippen molar-refractivity contribution in [2.75, 3.05) is 13.2 Å². The minimum atomic E-state index is -0.612. The number of carbonyl (C=O) groups excluding carboxylic acids is 2. The van der Waals surface area contributed by atoms with E-state index < -0.39 is 11.9 Å². The van der Waals surface area contributed by atoms with Crippen LogP contribution >= 0.6 is 0 Å². The van der Waals surface area contributed by atoms with E-state index in [4.69, 9.17) is 4.74 Å². The Labute approximate surface area is 105 Å². The molecule has 5 nitrogen and oxygen atoms in total. The molecule has 94 valence electrons. The Kier molecular flexibility index (Phi) is 5.39. The van der Waals surface area contributed by atoms with E-state index in [1.807, 2.05) is 0 Å². The van der Waals surface area contributed by atoms with Gasteiger partial charge in [0.25, 0.3) is 0 Å². The molecule has 0 unspecified atom stereocenters. The third-order valence-electron chi connectivity index (χ3n) is 1.83. The maximum atomic E-state index is 11.4. The molecular weight excluding hydrogens is 234 g/mol. The second kappa shape index (κ2) is 7.07. The number of esters is 2. The summed E-state index contributed by atoms with van der Waals surface area (Å²) in [6.07, 6.45) is 2.84. The second-order valence-electron chi connectivity index (χ2n) is 3.15. The second-order valence-corrected chi connectivity index (χ2v) is 3.15. The van der Waals surface area contributed by atoms with Crippen LogP contribution in [0.5, 0.6) is 0 Å². The van der Waals surface area contributed by atoms with Crippen molar-refractivity contribution in [1.82, 2.24) is 4.98 Å². The molecule has 0 saturated heterocycles. The minimum absolute atomic E-state index is 0.272. The van der Waals surface area contributed by atoms with Gasteiger partial charge in [-0.25, -0.2) is 9.59 Å². The minimum Gasteiger partial charge on any atom is -0.462 e. The average molecular weight is 247 g/mol. The Hall–Kier alpha value is -2.35. The van der Waals surface area contributed by atoms with E-state index in [0.29, 0.717) is 11.1 Å². The first-order valence-corrected chi connectivity index (χ1v) is 5.48. The highest BCUT2D eigenvalue weighted by atomic mass is 16.5. The van der Waals surface area contributed by atoms with Crippen molar-refractivity contribution in [2.24, 2.45) is 0 Å². The lowest BCUT2D eigenvalue weighted by atomic mass is 10.2. The smallest absolute Gasteiger partial charge is 0.384 e. The predicted molar refractivity (Wildman–Crippen MR) is 63.7 cm³/mol. The van der Waals surface area contributed by atoms with Crippen LogP contribution in [0.3, 0.4) is 0 Å². The van der Waals surface area contributed by atoms with E-state index in [1.54, 1.807) is 13.8 Å². The maximum absolute atomic E-state index is 11.4. The molecule has 0 aromatic carbocycles. The third kappa shape index (κ3) is 4.26. The van der Waals surface area contributed by atoms with Crippen LogP contribution in [0.1, 0.15) is 29.8 Å². The van der Waals surface area contributed by atoms with Crippen molar-refractivity contribution in [1.29, 1.82) is 0 Å². The summed E-state index contributed by atoms with van der Waals surface area (Å²) in [5, 5.41) is 0. The zero-order valence-corrected chi connectivity index (χ0v) is 10.2. The van der Waals surface area contributed by atoms with E-state index in [2.05, 4.69) is 21.6 Å². The number of carbonyl (C=O) groups is 2. The Bertz CT molecular complexity index is 499. The highest BCUT2D eigenvalue weighted by Crippen LogP contribution is 2.03. The summed E-state index contributed by atoms with van der Waals surface area (Å²) in [5.41, 5.74) is 0.751. The van der Waals surface area contributed by atoms with Crippen molar-refractivity contribution in [3.05, 3.63) is 29.6 Å². The Morgan fingerprint density at radius 3 is 2.61 bits per heavy atom. The van der Waals surface area contributed by atoms with Gasteiger partial charge >= 0.3 is 11.9 Å². The van der Waals surface area contributed by atoms with E-state index in [1.165, 1.54) is 18.5 Å². The molecule has 0 amide bonds. The molecule has 0 aliphatic rings. The number of hydrogen-bond donors (Lipinski definition) is 0. The normalized spacial score (nSPS) is 9.00. The van der Waals surface area contributed by atoms with Gasteiger partial charge in [-0.3, -0.25) is 4.98 Å². The van der Waals surface area contributed by atoms with Gasteiger partial charge in [-0.05, 0) is 19.9 Å². The van der Waals surface area contributed by atoms with E-state index in [0.717, 1.165) is 0 Å². The quantitative estimate of drug-likeness (QED) is 0.592. The molecule has 0 N–H and O–H groups in total. The van der Waals surface area contributed by atoms with Crippen LogP contribution in [-0.2, 0) is 14.3 Å². The first kappa shape index (κ1) is 13.7. The van der Waals surface area contributed by atoms with Crippen molar-refractivity contribution in [3.63, 3.8) is 0 Å². The van der Waals surface area contributed by atoms with Gasteiger partial charge < -0.3 is 9.47 Å². The summed E-state index contributed by atoms with van der Waals surface area (Å²) in [5.74, 6) is 3.79. The topological polar surface area (TPSA) is 65.5 Å². The summed E-state index contributed by atoms with van der Waals surface area (Å²) in [6, 6.07) is 1.51. The zero-order valence-electron chi connectivity index (χ0n) is 10.2. The fourth-order valence-electron chi connectivity index (χ4n) is 1.12. The molecule has 0 aliphatic heterocycles. The lowest BCUT2D eigenvalue weighted by Gasteiger charge is -2.00. The molecule has 0 saturated carbocycles. The van der Waals surface area contributed by atoms with Crippen molar-refractivity contribution >= 4 is 11.9 Å². The van der Waals surface area contributed by atoms with Gasteiger partial charge in [-0.15, -0.1) is 0 Å². The Balaban J connectivity index is 2.82. The molecule has 0 aliphatic carbocycles. The number of rotatable bonds is 3. The van der Waals surface area contributed by atoms with Gasteiger partial charge in [0.05, 0.1) is 18.8 Å². The van der Waals surface area contributed by atoms with Crippen LogP contribution in [0.4, 0.5) is 0 Å². The first-order valence-electron chi connectivity index (χ1n) is 5.48. The van der Waals surface area contributed by atoms with Crippen molar-refractivity contribution < 1.29 is 19.1 Å². The van der Waals surface area contributed by atoms with Gasteiger partial charge in [-0.1, -0.05) is 5.92 Å². The van der Waals surface area contributed by atoms with E-state index >= 15 is 0 Å². The van der Waals surface area contributed by atoms with Crippen LogP contribution in [0, 0.1) is 11.8 Å². The fraction of sp³-hybridized carbons (Fsp3) is 0.308. The largest absolute Gasteiger partial charge is 0.462 e.